The highest BCUT2D eigenvalue weighted by Crippen LogP contribution is 2.33. The minimum absolute atomic E-state index is 0.251. The van der Waals surface area contributed by atoms with Crippen molar-refractivity contribution in [1.82, 2.24) is 4.90 Å². The van der Waals surface area contributed by atoms with E-state index in [4.69, 9.17) is 10.5 Å². The lowest BCUT2D eigenvalue weighted by molar-refractivity contribution is 0.225. The third-order valence-electron chi connectivity index (χ3n) is 3.97. The van der Waals surface area contributed by atoms with E-state index >= 15 is 0 Å². The molecule has 0 aromatic heterocycles. The molecule has 0 saturated heterocycles. The molecule has 0 radical (unpaired) electrons. The molecule has 2 aromatic rings. The molecule has 0 amide bonds. The van der Waals surface area contributed by atoms with E-state index in [0.29, 0.717) is 6.54 Å². The van der Waals surface area contributed by atoms with Crippen LogP contribution >= 0.6 is 0 Å². The van der Waals surface area contributed by atoms with Gasteiger partial charge < -0.3 is 10.5 Å². The second-order valence-corrected chi connectivity index (χ2v) is 4.88. The number of rotatable bonds is 6. The second kappa shape index (κ2) is 6.73. The molecule has 2 aromatic carbocycles. The average molecular weight is 272 g/mol. The van der Waals surface area contributed by atoms with Crippen molar-refractivity contribution in [2.45, 2.75) is 19.9 Å². The fourth-order valence-electron chi connectivity index (χ4n) is 2.90. The largest absolute Gasteiger partial charge is 0.496 e. The quantitative estimate of drug-likeness (QED) is 0.877. The van der Waals surface area contributed by atoms with Crippen molar-refractivity contribution >= 4 is 10.8 Å². The summed E-state index contributed by atoms with van der Waals surface area (Å²) in [5.41, 5.74) is 7.33. The number of ether oxygens (including phenoxy) is 1. The summed E-state index contributed by atoms with van der Waals surface area (Å²) < 4.78 is 5.46. The van der Waals surface area contributed by atoms with E-state index in [0.717, 1.165) is 24.2 Å². The predicted octanol–water partition coefficient (Wildman–Crippen LogP) is 3.19. The smallest absolute Gasteiger partial charge is 0.126 e. The highest BCUT2D eigenvalue weighted by molar-refractivity contribution is 5.91. The van der Waals surface area contributed by atoms with Gasteiger partial charge >= 0.3 is 0 Å². The van der Waals surface area contributed by atoms with Crippen LogP contribution in [0.5, 0.6) is 5.75 Å². The van der Waals surface area contributed by atoms with E-state index in [-0.39, 0.29) is 6.04 Å². The lowest BCUT2D eigenvalue weighted by Gasteiger charge is -2.30. The lowest BCUT2D eigenvalue weighted by Crippen LogP contribution is -2.33. The Morgan fingerprint density at radius 1 is 1.05 bits per heavy atom. The van der Waals surface area contributed by atoms with Crippen molar-refractivity contribution < 1.29 is 4.74 Å². The summed E-state index contributed by atoms with van der Waals surface area (Å²) >= 11 is 0. The van der Waals surface area contributed by atoms with E-state index in [1.54, 1.807) is 7.11 Å². The van der Waals surface area contributed by atoms with Crippen LogP contribution in [0.4, 0.5) is 0 Å². The SMILES string of the molecule is CCN(CC)C(CN)c1ccc(OC)c2ccccc12. The van der Waals surface area contributed by atoms with Crippen LogP contribution in [-0.4, -0.2) is 31.6 Å². The Hall–Kier alpha value is -1.58. The summed E-state index contributed by atoms with van der Waals surface area (Å²) in [6, 6.07) is 12.8. The third kappa shape index (κ3) is 2.65. The molecule has 0 aliphatic carbocycles. The van der Waals surface area contributed by atoms with Gasteiger partial charge in [0.25, 0.3) is 0 Å². The molecule has 2 rings (SSSR count). The second-order valence-electron chi connectivity index (χ2n) is 4.88. The molecule has 3 nitrogen and oxygen atoms in total. The van der Waals surface area contributed by atoms with Gasteiger partial charge in [0.05, 0.1) is 7.11 Å². The zero-order chi connectivity index (χ0) is 14.5. The molecule has 108 valence electrons. The van der Waals surface area contributed by atoms with Crippen molar-refractivity contribution in [1.29, 1.82) is 0 Å². The van der Waals surface area contributed by atoms with Crippen LogP contribution in [0.3, 0.4) is 0 Å². The van der Waals surface area contributed by atoms with E-state index in [1.165, 1.54) is 10.9 Å². The van der Waals surface area contributed by atoms with E-state index in [1.807, 2.05) is 12.1 Å². The summed E-state index contributed by atoms with van der Waals surface area (Å²) in [6.07, 6.45) is 0. The van der Waals surface area contributed by atoms with Gasteiger partial charge in [-0.05, 0) is 30.1 Å². The van der Waals surface area contributed by atoms with Crippen LogP contribution in [0.2, 0.25) is 0 Å². The van der Waals surface area contributed by atoms with Gasteiger partial charge in [0.15, 0.2) is 0 Å². The summed E-state index contributed by atoms with van der Waals surface area (Å²) in [7, 11) is 1.71. The molecule has 2 N–H and O–H groups in total. The highest BCUT2D eigenvalue weighted by Gasteiger charge is 2.19. The third-order valence-corrected chi connectivity index (χ3v) is 3.97. The predicted molar refractivity (Wildman–Crippen MR) is 85.2 cm³/mol. The maximum atomic E-state index is 6.05. The molecule has 1 atom stereocenters. The van der Waals surface area contributed by atoms with Gasteiger partial charge in [-0.2, -0.15) is 0 Å². The summed E-state index contributed by atoms with van der Waals surface area (Å²) in [5, 5.41) is 2.38. The Morgan fingerprint density at radius 3 is 2.25 bits per heavy atom. The average Bonchev–Trinajstić information content (AvgIpc) is 2.51. The number of hydrogen-bond acceptors (Lipinski definition) is 3. The Balaban J connectivity index is 2.59. The molecule has 0 fully saturated rings. The molecule has 20 heavy (non-hydrogen) atoms. The number of methoxy groups -OCH3 is 1. The number of hydrogen-bond donors (Lipinski definition) is 1. The van der Waals surface area contributed by atoms with Gasteiger partial charge in [0.2, 0.25) is 0 Å². The molecule has 0 spiro atoms. The monoisotopic (exact) mass is 272 g/mol. The number of nitrogens with zero attached hydrogens (tertiary/aromatic N) is 1. The van der Waals surface area contributed by atoms with E-state index in [2.05, 4.69) is 43.0 Å². The molecule has 0 saturated carbocycles. The Bertz CT molecular complexity index is 564. The standard InChI is InChI=1S/C17H24N2O/c1-4-19(5-2)16(12-18)14-10-11-17(20-3)15-9-7-6-8-13(14)15/h6-11,16H,4-5,12,18H2,1-3H3. The highest BCUT2D eigenvalue weighted by atomic mass is 16.5. The van der Waals surface area contributed by atoms with Crippen LogP contribution in [0, 0.1) is 0 Å². The van der Waals surface area contributed by atoms with Crippen LogP contribution in [0.1, 0.15) is 25.5 Å². The van der Waals surface area contributed by atoms with Crippen molar-refractivity contribution in [3.63, 3.8) is 0 Å². The molecule has 0 heterocycles. The van der Waals surface area contributed by atoms with Crippen LogP contribution in [0.25, 0.3) is 10.8 Å². The van der Waals surface area contributed by atoms with Gasteiger partial charge in [-0.15, -0.1) is 0 Å². The topological polar surface area (TPSA) is 38.5 Å². The van der Waals surface area contributed by atoms with Gasteiger partial charge in [-0.25, -0.2) is 0 Å². The lowest BCUT2D eigenvalue weighted by atomic mass is 9.97. The molecule has 3 heteroatoms. The molecule has 0 aliphatic heterocycles. The molecular weight excluding hydrogens is 248 g/mol. The number of benzene rings is 2. The van der Waals surface area contributed by atoms with E-state index < -0.39 is 0 Å². The number of nitrogens with two attached hydrogens (primary N) is 1. The first-order chi connectivity index (χ1) is 9.76. The first kappa shape index (κ1) is 14.8. The zero-order valence-corrected chi connectivity index (χ0v) is 12.6. The van der Waals surface area contributed by atoms with Gasteiger partial charge in [0.1, 0.15) is 5.75 Å². The van der Waals surface area contributed by atoms with Gasteiger partial charge in [-0.3, -0.25) is 4.90 Å². The number of likely N-dealkylation sites (N-methyl/N-ethyl adjacent to an activating group) is 1. The first-order valence-corrected chi connectivity index (χ1v) is 7.26. The molecular formula is C17H24N2O. The Morgan fingerprint density at radius 2 is 1.70 bits per heavy atom. The Labute approximate surface area is 121 Å². The van der Waals surface area contributed by atoms with Crippen molar-refractivity contribution in [3.05, 3.63) is 42.0 Å². The normalized spacial score (nSPS) is 12.8. The summed E-state index contributed by atoms with van der Waals surface area (Å²) in [5.74, 6) is 0.916. The van der Waals surface area contributed by atoms with Gasteiger partial charge in [-0.1, -0.05) is 44.2 Å². The minimum Gasteiger partial charge on any atom is -0.496 e. The minimum atomic E-state index is 0.251. The van der Waals surface area contributed by atoms with E-state index in [9.17, 15) is 0 Å². The van der Waals surface area contributed by atoms with Crippen molar-refractivity contribution in [2.24, 2.45) is 5.73 Å². The van der Waals surface area contributed by atoms with Crippen LogP contribution in [-0.2, 0) is 0 Å². The maximum Gasteiger partial charge on any atom is 0.126 e. The fourth-order valence-corrected chi connectivity index (χ4v) is 2.90. The summed E-state index contributed by atoms with van der Waals surface area (Å²) in [4.78, 5) is 2.40. The van der Waals surface area contributed by atoms with Gasteiger partial charge in [0, 0.05) is 18.0 Å². The number of fused-ring (bicyclic) bond motifs is 1. The van der Waals surface area contributed by atoms with Crippen molar-refractivity contribution in [3.8, 4) is 5.75 Å². The van der Waals surface area contributed by atoms with Crippen LogP contribution in [0.15, 0.2) is 36.4 Å². The molecule has 1 unspecified atom stereocenters. The fraction of sp³-hybridized carbons (Fsp3) is 0.412. The zero-order valence-electron chi connectivity index (χ0n) is 12.6. The summed E-state index contributed by atoms with van der Waals surface area (Å²) in [6.45, 7) is 6.98. The first-order valence-electron chi connectivity index (χ1n) is 7.26. The molecule has 0 bridgehead atoms. The Kier molecular flexibility index (Phi) is 4.99. The molecule has 0 aliphatic rings. The maximum absolute atomic E-state index is 6.05. The van der Waals surface area contributed by atoms with Crippen LogP contribution < -0.4 is 10.5 Å². The van der Waals surface area contributed by atoms with Crippen molar-refractivity contribution in [2.75, 3.05) is 26.7 Å².